The second-order valence-electron chi connectivity index (χ2n) is 6.34. The van der Waals surface area contributed by atoms with Crippen LogP contribution in [0.4, 0.5) is 5.69 Å². The zero-order valence-corrected chi connectivity index (χ0v) is 18.1. The number of hydrogen-bond acceptors (Lipinski definition) is 7. The van der Waals surface area contributed by atoms with Crippen LogP contribution in [0.25, 0.3) is 10.1 Å². The number of amides is 1. The van der Waals surface area contributed by atoms with Crippen molar-refractivity contribution in [3.63, 3.8) is 0 Å². The van der Waals surface area contributed by atoms with E-state index in [0.717, 1.165) is 16.5 Å². The smallest absolute Gasteiger partial charge is 0.351 e. The van der Waals surface area contributed by atoms with Crippen LogP contribution >= 0.6 is 11.3 Å². The van der Waals surface area contributed by atoms with E-state index in [4.69, 9.17) is 18.9 Å². The molecule has 158 valence electrons. The minimum atomic E-state index is -0.446. The summed E-state index contributed by atoms with van der Waals surface area (Å²) in [5.74, 6) is 0.747. The number of thiophene rings is 1. The summed E-state index contributed by atoms with van der Waals surface area (Å²) >= 11 is 1.30. The Morgan fingerprint density at radius 1 is 1.00 bits per heavy atom. The Balaban J connectivity index is 1.93. The van der Waals surface area contributed by atoms with Crippen LogP contribution < -0.4 is 19.5 Å². The van der Waals surface area contributed by atoms with Crippen molar-refractivity contribution >= 4 is 39.0 Å². The van der Waals surface area contributed by atoms with E-state index in [0.29, 0.717) is 40.0 Å². The topological polar surface area (TPSA) is 83.1 Å². The van der Waals surface area contributed by atoms with Gasteiger partial charge in [0.2, 0.25) is 0 Å². The van der Waals surface area contributed by atoms with Gasteiger partial charge >= 0.3 is 5.97 Å². The molecule has 2 aromatic carbocycles. The van der Waals surface area contributed by atoms with E-state index < -0.39 is 5.97 Å². The number of anilines is 1. The SMILES string of the molecule is CCCOc1c(C(=O)OC)sc2ccc(NC(=O)c3ccc(OC)c(OC)c3)cc12. The van der Waals surface area contributed by atoms with E-state index in [2.05, 4.69) is 5.32 Å². The highest BCUT2D eigenvalue weighted by molar-refractivity contribution is 7.21. The third-order valence-corrected chi connectivity index (χ3v) is 5.50. The molecule has 1 aromatic heterocycles. The van der Waals surface area contributed by atoms with Crippen LogP contribution in [0, 0.1) is 0 Å². The fourth-order valence-corrected chi connectivity index (χ4v) is 3.95. The highest BCUT2D eigenvalue weighted by Crippen LogP contribution is 2.40. The normalized spacial score (nSPS) is 10.5. The first kappa shape index (κ1) is 21.4. The molecule has 0 aliphatic heterocycles. The number of hydrogen-bond donors (Lipinski definition) is 1. The fraction of sp³-hybridized carbons (Fsp3) is 0.273. The summed E-state index contributed by atoms with van der Waals surface area (Å²) in [6.07, 6.45) is 0.799. The van der Waals surface area contributed by atoms with Crippen molar-refractivity contribution in [3.05, 3.63) is 46.8 Å². The van der Waals surface area contributed by atoms with E-state index in [1.165, 1.54) is 32.7 Å². The third kappa shape index (κ3) is 4.33. The van der Waals surface area contributed by atoms with Crippen molar-refractivity contribution in [1.82, 2.24) is 0 Å². The molecule has 0 radical (unpaired) electrons. The summed E-state index contributed by atoms with van der Waals surface area (Å²) in [6.45, 7) is 2.46. The highest BCUT2D eigenvalue weighted by atomic mass is 32.1. The number of rotatable bonds is 8. The molecule has 30 heavy (non-hydrogen) atoms. The lowest BCUT2D eigenvalue weighted by atomic mass is 10.1. The number of fused-ring (bicyclic) bond motifs is 1. The van der Waals surface area contributed by atoms with Gasteiger partial charge in [0.1, 0.15) is 0 Å². The molecule has 0 aliphatic rings. The van der Waals surface area contributed by atoms with Crippen LogP contribution in [-0.2, 0) is 4.74 Å². The molecule has 3 aromatic rings. The van der Waals surface area contributed by atoms with Crippen LogP contribution in [0.3, 0.4) is 0 Å². The predicted molar refractivity (Wildman–Crippen MR) is 116 cm³/mol. The van der Waals surface area contributed by atoms with Crippen LogP contribution in [-0.4, -0.2) is 39.8 Å². The molecule has 1 N–H and O–H groups in total. The number of esters is 1. The van der Waals surface area contributed by atoms with Gasteiger partial charge in [-0.05, 0) is 42.8 Å². The molecule has 0 bridgehead atoms. The molecule has 0 saturated heterocycles. The Bertz CT molecular complexity index is 1070. The maximum absolute atomic E-state index is 12.7. The Morgan fingerprint density at radius 2 is 1.77 bits per heavy atom. The van der Waals surface area contributed by atoms with Crippen LogP contribution in [0.1, 0.15) is 33.4 Å². The molecule has 0 fully saturated rings. The Hall–Kier alpha value is -3.26. The predicted octanol–water partition coefficient (Wildman–Crippen LogP) is 4.75. The van der Waals surface area contributed by atoms with E-state index in [1.807, 2.05) is 13.0 Å². The van der Waals surface area contributed by atoms with Crippen LogP contribution in [0.2, 0.25) is 0 Å². The van der Waals surface area contributed by atoms with Crippen LogP contribution in [0.15, 0.2) is 36.4 Å². The zero-order chi connectivity index (χ0) is 21.7. The molecule has 0 unspecified atom stereocenters. The minimum absolute atomic E-state index is 0.297. The first-order valence-corrected chi connectivity index (χ1v) is 10.1. The first-order chi connectivity index (χ1) is 14.5. The van der Waals surface area contributed by atoms with E-state index in [1.54, 1.807) is 30.3 Å². The lowest BCUT2D eigenvalue weighted by Gasteiger charge is -2.10. The quantitative estimate of drug-likeness (QED) is 0.521. The Labute approximate surface area is 178 Å². The van der Waals surface area contributed by atoms with Gasteiger partial charge < -0.3 is 24.3 Å². The molecular weight excluding hydrogens is 406 g/mol. The number of carbonyl (C=O) groups excluding carboxylic acids is 2. The third-order valence-electron chi connectivity index (χ3n) is 4.37. The van der Waals surface area contributed by atoms with Gasteiger partial charge in [-0.3, -0.25) is 4.79 Å². The monoisotopic (exact) mass is 429 g/mol. The van der Waals surface area contributed by atoms with Gasteiger partial charge in [-0.1, -0.05) is 6.92 Å². The summed E-state index contributed by atoms with van der Waals surface area (Å²) in [4.78, 5) is 25.3. The summed E-state index contributed by atoms with van der Waals surface area (Å²) in [6, 6.07) is 10.4. The molecule has 0 aliphatic carbocycles. The van der Waals surface area contributed by atoms with Gasteiger partial charge in [-0.15, -0.1) is 11.3 Å². The molecule has 0 saturated carbocycles. The summed E-state index contributed by atoms with van der Waals surface area (Å²) in [5, 5.41) is 3.62. The molecular formula is C22H23NO6S. The molecule has 7 nitrogen and oxygen atoms in total. The zero-order valence-electron chi connectivity index (χ0n) is 17.2. The number of methoxy groups -OCH3 is 3. The van der Waals surface area contributed by atoms with Crippen LogP contribution in [0.5, 0.6) is 17.2 Å². The molecule has 8 heteroatoms. The van der Waals surface area contributed by atoms with Gasteiger partial charge in [-0.2, -0.15) is 0 Å². The van der Waals surface area contributed by atoms with Crippen molar-refractivity contribution in [3.8, 4) is 17.2 Å². The molecule has 0 spiro atoms. The van der Waals surface area contributed by atoms with Gasteiger partial charge in [0.15, 0.2) is 22.1 Å². The number of nitrogens with one attached hydrogen (secondary N) is 1. The summed E-state index contributed by atoms with van der Waals surface area (Å²) in [7, 11) is 4.39. The van der Waals surface area contributed by atoms with Crippen molar-refractivity contribution in [2.75, 3.05) is 33.3 Å². The average molecular weight is 429 g/mol. The first-order valence-electron chi connectivity index (χ1n) is 9.33. The number of benzene rings is 2. The van der Waals surface area contributed by atoms with Crippen molar-refractivity contribution in [2.24, 2.45) is 0 Å². The van der Waals surface area contributed by atoms with E-state index >= 15 is 0 Å². The number of ether oxygens (including phenoxy) is 4. The van der Waals surface area contributed by atoms with Gasteiger partial charge in [0.05, 0.1) is 27.9 Å². The maximum Gasteiger partial charge on any atom is 0.351 e. The average Bonchev–Trinajstić information content (AvgIpc) is 3.14. The lowest BCUT2D eigenvalue weighted by molar-refractivity contribution is 0.0602. The van der Waals surface area contributed by atoms with Gasteiger partial charge in [0.25, 0.3) is 5.91 Å². The second-order valence-corrected chi connectivity index (χ2v) is 7.39. The van der Waals surface area contributed by atoms with E-state index in [-0.39, 0.29) is 5.91 Å². The Morgan fingerprint density at radius 3 is 2.43 bits per heavy atom. The maximum atomic E-state index is 12.7. The lowest BCUT2D eigenvalue weighted by Crippen LogP contribution is -2.12. The Kier molecular flexibility index (Phi) is 6.79. The van der Waals surface area contributed by atoms with Gasteiger partial charge in [-0.25, -0.2) is 4.79 Å². The largest absolute Gasteiger partial charge is 0.493 e. The van der Waals surface area contributed by atoms with Crippen molar-refractivity contribution in [1.29, 1.82) is 0 Å². The van der Waals surface area contributed by atoms with Crippen molar-refractivity contribution < 1.29 is 28.5 Å². The van der Waals surface area contributed by atoms with Crippen molar-refractivity contribution in [2.45, 2.75) is 13.3 Å². The molecule has 0 atom stereocenters. The second kappa shape index (κ2) is 9.49. The standard InChI is InChI=1S/C22H23NO6S/c1-5-10-29-19-15-12-14(7-9-18(15)30-20(19)22(25)28-4)23-21(24)13-6-8-16(26-2)17(11-13)27-3/h6-9,11-12H,5,10H2,1-4H3,(H,23,24). The fourth-order valence-electron chi connectivity index (χ4n) is 2.91. The van der Waals surface area contributed by atoms with Gasteiger partial charge in [0, 0.05) is 21.3 Å². The number of carbonyl (C=O) groups is 2. The summed E-state index contributed by atoms with van der Waals surface area (Å²) in [5.41, 5.74) is 1.01. The minimum Gasteiger partial charge on any atom is -0.493 e. The van der Waals surface area contributed by atoms with E-state index in [9.17, 15) is 9.59 Å². The molecule has 1 heterocycles. The highest BCUT2D eigenvalue weighted by Gasteiger charge is 2.21. The molecule has 3 rings (SSSR count). The molecule has 1 amide bonds. The summed E-state index contributed by atoms with van der Waals surface area (Å²) < 4.78 is 22.0.